The number of carboxylic acid groups (broad SMARTS) is 1. The lowest BCUT2D eigenvalue weighted by Gasteiger charge is -2.17. The fourth-order valence-electron chi connectivity index (χ4n) is 1.83. The molecule has 0 aliphatic heterocycles. The van der Waals surface area contributed by atoms with Gasteiger partial charge in [-0.15, -0.1) is 12.4 Å². The Morgan fingerprint density at radius 2 is 1.90 bits per heavy atom. The Labute approximate surface area is 127 Å². The lowest BCUT2D eigenvalue weighted by Crippen LogP contribution is -2.18. The molecule has 2 aromatic rings. The summed E-state index contributed by atoms with van der Waals surface area (Å²) >= 11 is 0. The van der Waals surface area contributed by atoms with E-state index < -0.39 is 11.8 Å². The number of nitrogens with zero attached hydrogens (tertiary/aromatic N) is 2. The monoisotopic (exact) mass is 314 g/mol. The smallest absolute Gasteiger partial charge is 0.341 e. The molecule has 0 radical (unpaired) electrons. The topological polar surface area (TPSA) is 66.6 Å². The summed E-state index contributed by atoms with van der Waals surface area (Å²) in [7, 11) is 3.63. The van der Waals surface area contributed by atoms with Gasteiger partial charge in [0.05, 0.1) is 6.04 Å². The van der Waals surface area contributed by atoms with E-state index in [2.05, 4.69) is 5.16 Å². The standard InChI is InChI=1S/C14H15FN2O3.ClH/c1-8(17(2)3)13-11(14(18)19)12(16-20-13)9-4-6-10(15)7-5-9;/h4-8H,1-3H3,(H,18,19);1H/t8-;/m1./s1. The number of carbonyl (C=O) groups is 1. The van der Waals surface area contributed by atoms with Crippen LogP contribution in [0.5, 0.6) is 0 Å². The Bertz CT molecular complexity index is 626. The Morgan fingerprint density at radius 1 is 1.33 bits per heavy atom. The van der Waals surface area contributed by atoms with Gasteiger partial charge in [-0.2, -0.15) is 0 Å². The third-order valence-electron chi connectivity index (χ3n) is 3.20. The molecule has 1 aromatic heterocycles. The zero-order valence-electron chi connectivity index (χ0n) is 11.8. The van der Waals surface area contributed by atoms with Crippen LogP contribution in [-0.4, -0.2) is 35.2 Å². The molecule has 0 aliphatic carbocycles. The molecule has 0 bridgehead atoms. The van der Waals surface area contributed by atoms with Crippen molar-refractivity contribution in [2.24, 2.45) is 0 Å². The fraction of sp³-hybridized carbons (Fsp3) is 0.286. The summed E-state index contributed by atoms with van der Waals surface area (Å²) in [5.74, 6) is -1.23. The summed E-state index contributed by atoms with van der Waals surface area (Å²) in [5.41, 5.74) is 0.726. The van der Waals surface area contributed by atoms with Crippen molar-refractivity contribution in [3.63, 3.8) is 0 Å². The third-order valence-corrected chi connectivity index (χ3v) is 3.20. The first-order valence-corrected chi connectivity index (χ1v) is 6.07. The summed E-state index contributed by atoms with van der Waals surface area (Å²) in [6.07, 6.45) is 0. The molecular formula is C14H16ClFN2O3. The van der Waals surface area contributed by atoms with Crippen LogP contribution in [0.15, 0.2) is 28.8 Å². The lowest BCUT2D eigenvalue weighted by atomic mass is 10.0. The molecule has 1 atom stereocenters. The van der Waals surface area contributed by atoms with E-state index in [1.54, 1.807) is 0 Å². The molecule has 21 heavy (non-hydrogen) atoms. The van der Waals surface area contributed by atoms with E-state index >= 15 is 0 Å². The van der Waals surface area contributed by atoms with Gasteiger partial charge in [0, 0.05) is 5.56 Å². The summed E-state index contributed by atoms with van der Waals surface area (Å²) < 4.78 is 18.1. The number of carboxylic acids is 1. The van der Waals surface area contributed by atoms with E-state index in [1.165, 1.54) is 24.3 Å². The van der Waals surface area contributed by atoms with Crippen LogP contribution in [0.1, 0.15) is 29.1 Å². The number of benzene rings is 1. The van der Waals surface area contributed by atoms with E-state index in [9.17, 15) is 14.3 Å². The second-order valence-electron chi connectivity index (χ2n) is 4.72. The van der Waals surface area contributed by atoms with Crippen LogP contribution in [0.25, 0.3) is 11.3 Å². The van der Waals surface area contributed by atoms with Crippen molar-refractivity contribution >= 4 is 18.4 Å². The molecule has 1 aromatic carbocycles. The van der Waals surface area contributed by atoms with Crippen LogP contribution in [0, 0.1) is 5.82 Å². The van der Waals surface area contributed by atoms with Gasteiger partial charge in [0.15, 0.2) is 5.76 Å². The highest BCUT2D eigenvalue weighted by Gasteiger charge is 2.27. The van der Waals surface area contributed by atoms with Gasteiger partial charge in [-0.05, 0) is 45.3 Å². The van der Waals surface area contributed by atoms with E-state index in [0.29, 0.717) is 5.56 Å². The number of rotatable bonds is 4. The minimum Gasteiger partial charge on any atom is -0.477 e. The number of aromatic carboxylic acids is 1. The minimum absolute atomic E-state index is 0. The molecule has 2 rings (SSSR count). The zero-order chi connectivity index (χ0) is 14.9. The average molecular weight is 315 g/mol. The highest BCUT2D eigenvalue weighted by molar-refractivity contribution is 5.95. The van der Waals surface area contributed by atoms with Crippen LogP contribution in [0.2, 0.25) is 0 Å². The molecule has 5 nitrogen and oxygen atoms in total. The number of hydrogen-bond donors (Lipinski definition) is 1. The van der Waals surface area contributed by atoms with Crippen LogP contribution in [-0.2, 0) is 0 Å². The fourth-order valence-corrected chi connectivity index (χ4v) is 1.83. The van der Waals surface area contributed by atoms with Gasteiger partial charge in [-0.25, -0.2) is 9.18 Å². The van der Waals surface area contributed by atoms with E-state index in [0.717, 1.165) is 0 Å². The largest absolute Gasteiger partial charge is 0.477 e. The first-order valence-electron chi connectivity index (χ1n) is 6.07. The maximum atomic E-state index is 12.9. The van der Waals surface area contributed by atoms with Gasteiger partial charge < -0.3 is 9.63 Å². The molecule has 1 heterocycles. The second kappa shape index (κ2) is 6.69. The molecule has 0 fully saturated rings. The van der Waals surface area contributed by atoms with Crippen molar-refractivity contribution in [1.29, 1.82) is 0 Å². The normalized spacial score (nSPS) is 12.0. The highest BCUT2D eigenvalue weighted by Crippen LogP contribution is 2.30. The van der Waals surface area contributed by atoms with Crippen molar-refractivity contribution in [2.45, 2.75) is 13.0 Å². The van der Waals surface area contributed by atoms with Crippen molar-refractivity contribution in [3.05, 3.63) is 41.4 Å². The molecular weight excluding hydrogens is 299 g/mol. The summed E-state index contributed by atoms with van der Waals surface area (Å²) in [4.78, 5) is 13.3. The Balaban J connectivity index is 0.00000220. The van der Waals surface area contributed by atoms with E-state index in [1.807, 2.05) is 25.9 Å². The van der Waals surface area contributed by atoms with Gasteiger partial charge >= 0.3 is 5.97 Å². The molecule has 0 saturated carbocycles. The quantitative estimate of drug-likeness (QED) is 0.938. The van der Waals surface area contributed by atoms with Gasteiger partial charge in [0.1, 0.15) is 17.1 Å². The lowest BCUT2D eigenvalue weighted by molar-refractivity contribution is 0.0692. The Morgan fingerprint density at radius 3 is 2.38 bits per heavy atom. The number of aromatic nitrogens is 1. The van der Waals surface area contributed by atoms with Crippen molar-refractivity contribution in [1.82, 2.24) is 10.1 Å². The van der Waals surface area contributed by atoms with E-state index in [4.69, 9.17) is 4.52 Å². The molecule has 7 heteroatoms. The molecule has 0 unspecified atom stereocenters. The number of hydrogen-bond acceptors (Lipinski definition) is 4. The first kappa shape index (κ1) is 17.1. The van der Waals surface area contributed by atoms with Crippen LogP contribution < -0.4 is 0 Å². The van der Waals surface area contributed by atoms with Gasteiger partial charge in [0.25, 0.3) is 0 Å². The van der Waals surface area contributed by atoms with E-state index in [-0.39, 0.29) is 35.5 Å². The molecule has 0 amide bonds. The molecule has 0 spiro atoms. The summed E-state index contributed by atoms with van der Waals surface area (Å²) in [6.45, 7) is 1.82. The summed E-state index contributed by atoms with van der Waals surface area (Å²) in [5, 5.41) is 13.2. The first-order chi connectivity index (χ1) is 9.41. The zero-order valence-corrected chi connectivity index (χ0v) is 12.6. The maximum Gasteiger partial charge on any atom is 0.341 e. The predicted molar refractivity (Wildman–Crippen MR) is 78.2 cm³/mol. The van der Waals surface area contributed by atoms with Crippen LogP contribution >= 0.6 is 12.4 Å². The Hall–Kier alpha value is -1.92. The van der Waals surface area contributed by atoms with Crippen LogP contribution in [0.4, 0.5) is 4.39 Å². The van der Waals surface area contributed by atoms with Crippen molar-refractivity contribution in [2.75, 3.05) is 14.1 Å². The average Bonchev–Trinajstić information content (AvgIpc) is 2.83. The molecule has 0 saturated heterocycles. The predicted octanol–water partition coefficient (Wildman–Crippen LogP) is 3.22. The van der Waals surface area contributed by atoms with Crippen LogP contribution in [0.3, 0.4) is 0 Å². The maximum absolute atomic E-state index is 12.9. The minimum atomic E-state index is -1.12. The third kappa shape index (κ3) is 3.40. The van der Waals surface area contributed by atoms with Gasteiger partial charge in [-0.3, -0.25) is 4.90 Å². The second-order valence-corrected chi connectivity index (χ2v) is 4.72. The molecule has 1 N–H and O–H groups in total. The number of halogens is 2. The molecule has 0 aliphatic rings. The van der Waals surface area contributed by atoms with Gasteiger partial charge in [0.2, 0.25) is 0 Å². The van der Waals surface area contributed by atoms with Gasteiger partial charge in [-0.1, -0.05) is 5.16 Å². The SMILES string of the molecule is C[C@H](c1onc(-c2ccc(F)cc2)c1C(=O)O)N(C)C.Cl. The Kier molecular flexibility index (Phi) is 5.46. The van der Waals surface area contributed by atoms with Crippen molar-refractivity contribution < 1.29 is 18.8 Å². The highest BCUT2D eigenvalue weighted by atomic mass is 35.5. The summed E-state index contributed by atoms with van der Waals surface area (Å²) in [6, 6.07) is 5.23. The molecule has 114 valence electrons. The van der Waals surface area contributed by atoms with Crippen molar-refractivity contribution in [3.8, 4) is 11.3 Å².